The van der Waals surface area contributed by atoms with Crippen molar-refractivity contribution < 1.29 is 0 Å². The molecule has 0 aliphatic heterocycles. The number of nitrogens with zero attached hydrogens (tertiary/aromatic N) is 5. The first kappa shape index (κ1) is 29.0. The van der Waals surface area contributed by atoms with Gasteiger partial charge >= 0.3 is 0 Å². The maximum absolute atomic E-state index is 5.48. The fourth-order valence-corrected chi connectivity index (χ4v) is 9.60. The molecule has 0 unspecified atom stereocenters. The van der Waals surface area contributed by atoms with Gasteiger partial charge in [-0.2, -0.15) is 0 Å². The monoisotopic (exact) mass is 699 g/mol. The number of benzene rings is 8. The van der Waals surface area contributed by atoms with Crippen molar-refractivity contribution in [3.05, 3.63) is 176 Å². The van der Waals surface area contributed by atoms with Crippen LogP contribution in [0, 0.1) is 0 Å². The number of para-hydroxylation sites is 5. The molecule has 0 aliphatic carbocycles. The summed E-state index contributed by atoms with van der Waals surface area (Å²) in [5.41, 5.74) is 12.1. The van der Waals surface area contributed by atoms with E-state index in [1.807, 2.05) is 0 Å². The summed E-state index contributed by atoms with van der Waals surface area (Å²) in [7, 11) is 0. The maximum atomic E-state index is 5.48. The lowest BCUT2D eigenvalue weighted by molar-refractivity contribution is 1.01. The summed E-state index contributed by atoms with van der Waals surface area (Å²) in [5.74, 6) is 0.652. The Hall–Kier alpha value is -7.50. The third kappa shape index (κ3) is 3.71. The molecule has 0 fully saturated rings. The summed E-state index contributed by atoms with van der Waals surface area (Å²) in [4.78, 5) is 10.9. The molecule has 8 aromatic carbocycles. The van der Waals surface area contributed by atoms with Gasteiger partial charge in [-0.05, 0) is 47.9 Å². The number of rotatable bonds is 3. The van der Waals surface area contributed by atoms with E-state index in [1.165, 1.54) is 65.2 Å². The van der Waals surface area contributed by atoms with Gasteiger partial charge in [-0.25, -0.2) is 9.97 Å². The van der Waals surface area contributed by atoms with E-state index < -0.39 is 0 Å². The van der Waals surface area contributed by atoms with Crippen molar-refractivity contribution in [1.82, 2.24) is 23.5 Å². The Bertz CT molecular complexity index is 3700. The number of aromatic nitrogens is 5. The molecule has 5 aromatic heterocycles. The van der Waals surface area contributed by atoms with Crippen molar-refractivity contribution in [3.63, 3.8) is 0 Å². The molecule has 0 bridgehead atoms. The average Bonchev–Trinajstić information content (AvgIpc) is 3.86. The molecule has 0 N–H and O–H groups in total. The van der Waals surface area contributed by atoms with Gasteiger partial charge < -0.3 is 8.97 Å². The van der Waals surface area contributed by atoms with Crippen LogP contribution in [0.25, 0.3) is 116 Å². The fraction of sp³-hybridized carbons (Fsp3) is 0. The summed E-state index contributed by atoms with van der Waals surface area (Å²) in [6.07, 6.45) is 0. The Morgan fingerprint density at radius 1 is 0.345 bits per heavy atom. The molecule has 0 saturated heterocycles. The largest absolute Gasteiger partial charge is 0.309 e. The molecule has 0 saturated carbocycles. The highest BCUT2D eigenvalue weighted by Gasteiger charge is 2.27. The topological polar surface area (TPSA) is 40.0 Å². The molecule has 254 valence electrons. The Balaban J connectivity index is 1.35. The summed E-state index contributed by atoms with van der Waals surface area (Å²) < 4.78 is 7.31. The van der Waals surface area contributed by atoms with E-state index >= 15 is 0 Å². The predicted octanol–water partition coefficient (Wildman–Crippen LogP) is 12.6. The van der Waals surface area contributed by atoms with E-state index in [9.17, 15) is 0 Å². The highest BCUT2D eigenvalue weighted by Crippen LogP contribution is 2.48. The molecule has 5 heteroatoms. The van der Waals surface area contributed by atoms with Crippen molar-refractivity contribution in [2.75, 3.05) is 0 Å². The Morgan fingerprint density at radius 2 is 0.945 bits per heavy atom. The molecule has 0 aliphatic rings. The van der Waals surface area contributed by atoms with Crippen LogP contribution >= 0.6 is 0 Å². The van der Waals surface area contributed by atoms with Crippen LogP contribution in [0.5, 0.6) is 0 Å². The highest BCUT2D eigenvalue weighted by atomic mass is 15.2. The van der Waals surface area contributed by atoms with E-state index in [0.29, 0.717) is 5.95 Å². The molecule has 0 amide bonds. The minimum absolute atomic E-state index is 0.652. The molecule has 0 radical (unpaired) electrons. The summed E-state index contributed by atoms with van der Waals surface area (Å²) >= 11 is 0. The van der Waals surface area contributed by atoms with Crippen LogP contribution in [0.4, 0.5) is 0 Å². The maximum Gasteiger partial charge on any atom is 0.235 e. The van der Waals surface area contributed by atoms with E-state index in [2.05, 4.69) is 189 Å². The number of hydrogen-bond acceptors (Lipinski definition) is 2. The lowest BCUT2D eigenvalue weighted by Gasteiger charge is -2.13. The Kier molecular flexibility index (Phi) is 5.57. The molecule has 13 aromatic rings. The first-order chi connectivity index (χ1) is 27.3. The number of fused-ring (bicyclic) bond motifs is 10. The highest BCUT2D eigenvalue weighted by molar-refractivity contribution is 6.37. The third-order valence-corrected chi connectivity index (χ3v) is 11.8. The first-order valence-corrected chi connectivity index (χ1v) is 18.8. The SMILES string of the molecule is c1ccc(-c2nc(-n3c4cccc5c6cccc7c8ccccc8n(c67)c6c7c8ccccc8n(-c8ccccc8)c7cc3c6c54)nc3ccccc23)cc1. The van der Waals surface area contributed by atoms with Crippen LogP contribution < -0.4 is 0 Å². The Labute approximate surface area is 313 Å². The van der Waals surface area contributed by atoms with Gasteiger partial charge in [-0.15, -0.1) is 0 Å². The van der Waals surface area contributed by atoms with Crippen molar-refractivity contribution >= 4 is 92.6 Å². The standard InChI is InChI=1S/C50H29N5/c1-3-15-30(16-4-1)47-36-20-7-10-25-38(36)51-50(52-47)54-41-28-14-22-33-35-24-13-23-34-32-19-8-11-26-39(32)55(48(34)35)49-45-37-21-9-12-27-40(37)53(31-17-5-2-6-18-31)42(45)29-43(54)46(49)44(33)41/h1-29H. The molecule has 5 nitrogen and oxygen atoms in total. The van der Waals surface area contributed by atoms with Crippen LogP contribution in [0.2, 0.25) is 0 Å². The van der Waals surface area contributed by atoms with Crippen LogP contribution in [-0.2, 0) is 0 Å². The molecule has 0 spiro atoms. The summed E-state index contributed by atoms with van der Waals surface area (Å²) in [6.45, 7) is 0. The van der Waals surface area contributed by atoms with Gasteiger partial charge in [-0.1, -0.05) is 133 Å². The fourth-order valence-electron chi connectivity index (χ4n) is 9.60. The van der Waals surface area contributed by atoms with Crippen LogP contribution in [0.1, 0.15) is 0 Å². The third-order valence-electron chi connectivity index (χ3n) is 11.8. The van der Waals surface area contributed by atoms with Crippen LogP contribution in [0.3, 0.4) is 0 Å². The van der Waals surface area contributed by atoms with E-state index in [1.54, 1.807) is 0 Å². The lowest BCUT2D eigenvalue weighted by atomic mass is 10.0. The van der Waals surface area contributed by atoms with Gasteiger partial charge in [0.2, 0.25) is 5.95 Å². The van der Waals surface area contributed by atoms with Gasteiger partial charge in [0.15, 0.2) is 0 Å². The normalized spacial score (nSPS) is 12.4. The minimum atomic E-state index is 0.652. The smallest absolute Gasteiger partial charge is 0.235 e. The molecule has 13 rings (SSSR count). The van der Waals surface area contributed by atoms with Crippen LogP contribution in [0.15, 0.2) is 176 Å². The second-order valence-electron chi connectivity index (χ2n) is 14.5. The average molecular weight is 700 g/mol. The molecule has 55 heavy (non-hydrogen) atoms. The molecular weight excluding hydrogens is 671 g/mol. The van der Waals surface area contributed by atoms with Gasteiger partial charge in [0.25, 0.3) is 0 Å². The van der Waals surface area contributed by atoms with Crippen LogP contribution in [-0.4, -0.2) is 23.5 Å². The van der Waals surface area contributed by atoms with E-state index in [4.69, 9.17) is 9.97 Å². The summed E-state index contributed by atoms with van der Waals surface area (Å²) in [6, 6.07) is 63.3. The van der Waals surface area contributed by atoms with Crippen molar-refractivity contribution in [1.29, 1.82) is 0 Å². The molecule has 0 atom stereocenters. The van der Waals surface area contributed by atoms with Crippen molar-refractivity contribution in [2.24, 2.45) is 0 Å². The zero-order valence-electron chi connectivity index (χ0n) is 29.5. The molecular formula is C50H29N5. The van der Waals surface area contributed by atoms with E-state index in [0.717, 1.165) is 44.4 Å². The van der Waals surface area contributed by atoms with E-state index in [-0.39, 0.29) is 0 Å². The first-order valence-electron chi connectivity index (χ1n) is 18.8. The summed E-state index contributed by atoms with van der Waals surface area (Å²) in [5, 5.41) is 10.8. The zero-order valence-corrected chi connectivity index (χ0v) is 29.5. The quantitative estimate of drug-likeness (QED) is 0.184. The second-order valence-corrected chi connectivity index (χ2v) is 14.5. The Morgan fingerprint density at radius 3 is 1.78 bits per heavy atom. The van der Waals surface area contributed by atoms with Gasteiger partial charge in [0.1, 0.15) is 0 Å². The predicted molar refractivity (Wildman–Crippen MR) is 228 cm³/mol. The van der Waals surface area contributed by atoms with Crippen molar-refractivity contribution in [2.45, 2.75) is 0 Å². The van der Waals surface area contributed by atoms with Gasteiger partial charge in [0, 0.05) is 54.3 Å². The van der Waals surface area contributed by atoms with Gasteiger partial charge in [0.05, 0.1) is 49.8 Å². The number of hydrogen-bond donors (Lipinski definition) is 0. The lowest BCUT2D eigenvalue weighted by Crippen LogP contribution is -2.04. The second kappa shape index (κ2) is 10.6. The van der Waals surface area contributed by atoms with Gasteiger partial charge in [-0.3, -0.25) is 4.57 Å². The molecule has 5 heterocycles. The van der Waals surface area contributed by atoms with Crippen molar-refractivity contribution in [3.8, 4) is 22.9 Å². The minimum Gasteiger partial charge on any atom is -0.309 e. The zero-order chi connectivity index (χ0) is 35.8.